The lowest BCUT2D eigenvalue weighted by atomic mass is 10.8. The normalized spacial score (nSPS) is 22.1. The first kappa shape index (κ1) is 7.62. The van der Waals surface area contributed by atoms with Gasteiger partial charge in [-0.25, -0.2) is 13.4 Å². The van der Waals surface area contributed by atoms with E-state index >= 15 is 0 Å². The molecule has 0 radical (unpaired) electrons. The highest BCUT2D eigenvalue weighted by atomic mass is 32.2. The van der Waals surface area contributed by atoms with Crippen LogP contribution in [0.15, 0.2) is 16.2 Å². The van der Waals surface area contributed by atoms with E-state index in [4.69, 9.17) is 5.73 Å². The van der Waals surface area contributed by atoms with Crippen molar-refractivity contribution in [3.8, 4) is 0 Å². The first-order chi connectivity index (χ1) is 4.56. The van der Waals surface area contributed by atoms with Gasteiger partial charge in [-0.3, -0.25) is 0 Å². The summed E-state index contributed by atoms with van der Waals surface area (Å²) >= 11 is 3.77. The summed E-state index contributed by atoms with van der Waals surface area (Å²) < 4.78 is 21.7. The van der Waals surface area contributed by atoms with E-state index in [1.54, 1.807) is 0 Å². The van der Waals surface area contributed by atoms with E-state index < -0.39 is 9.84 Å². The van der Waals surface area contributed by atoms with Crippen molar-refractivity contribution >= 4 is 27.5 Å². The van der Waals surface area contributed by atoms with E-state index in [0.717, 1.165) is 5.41 Å². The van der Waals surface area contributed by atoms with Gasteiger partial charge in [-0.05, 0) is 0 Å². The Hall–Kier alpha value is -0.490. The Bertz CT molecular complexity index is 301. The zero-order chi connectivity index (χ0) is 7.78. The Morgan fingerprint density at radius 3 is 2.50 bits per heavy atom. The molecule has 0 atom stereocenters. The maximum atomic E-state index is 10.9. The molecule has 0 bridgehead atoms. The molecule has 0 unspecified atom stereocenters. The SMILES string of the molecule is NC1=CS(=O)(=O)C(CS)=N1. The van der Waals surface area contributed by atoms with Gasteiger partial charge in [0.15, 0.2) is 0 Å². The van der Waals surface area contributed by atoms with Gasteiger partial charge >= 0.3 is 0 Å². The van der Waals surface area contributed by atoms with Crippen LogP contribution in [0, 0.1) is 0 Å². The zero-order valence-corrected chi connectivity index (χ0v) is 6.69. The average molecular weight is 178 g/mol. The van der Waals surface area contributed by atoms with Gasteiger partial charge in [0.25, 0.3) is 0 Å². The molecule has 6 heteroatoms. The number of nitrogens with two attached hydrogens (primary N) is 1. The van der Waals surface area contributed by atoms with Crippen LogP contribution >= 0.6 is 12.6 Å². The van der Waals surface area contributed by atoms with E-state index in [0.29, 0.717) is 0 Å². The largest absolute Gasteiger partial charge is 0.383 e. The fraction of sp³-hybridized carbons (Fsp3) is 0.250. The number of hydrogen-bond donors (Lipinski definition) is 2. The van der Waals surface area contributed by atoms with Crippen LogP contribution in [-0.4, -0.2) is 19.2 Å². The third kappa shape index (κ3) is 1.17. The zero-order valence-electron chi connectivity index (χ0n) is 4.98. The molecule has 0 saturated carbocycles. The highest BCUT2D eigenvalue weighted by Gasteiger charge is 2.21. The van der Waals surface area contributed by atoms with Gasteiger partial charge in [0.1, 0.15) is 10.9 Å². The van der Waals surface area contributed by atoms with Crippen molar-refractivity contribution in [3.63, 3.8) is 0 Å². The van der Waals surface area contributed by atoms with Crippen molar-refractivity contribution < 1.29 is 8.42 Å². The van der Waals surface area contributed by atoms with Gasteiger partial charge in [0.05, 0.1) is 5.41 Å². The van der Waals surface area contributed by atoms with E-state index in [1.165, 1.54) is 0 Å². The quantitative estimate of drug-likeness (QED) is 0.532. The van der Waals surface area contributed by atoms with Gasteiger partial charge in [0.2, 0.25) is 9.84 Å². The van der Waals surface area contributed by atoms with Crippen LogP contribution in [0.5, 0.6) is 0 Å². The molecule has 0 aromatic heterocycles. The fourth-order valence-electron chi connectivity index (χ4n) is 0.586. The van der Waals surface area contributed by atoms with Crippen molar-refractivity contribution in [3.05, 3.63) is 11.2 Å². The van der Waals surface area contributed by atoms with Crippen LogP contribution < -0.4 is 5.73 Å². The van der Waals surface area contributed by atoms with Gasteiger partial charge < -0.3 is 5.73 Å². The lowest BCUT2D eigenvalue weighted by molar-refractivity contribution is 0.615. The molecule has 56 valence electrons. The molecule has 2 N–H and O–H groups in total. The second kappa shape index (κ2) is 2.28. The highest BCUT2D eigenvalue weighted by molar-refractivity contribution is 8.10. The second-order valence-electron chi connectivity index (χ2n) is 1.75. The van der Waals surface area contributed by atoms with Crippen LogP contribution in [0.2, 0.25) is 0 Å². The monoisotopic (exact) mass is 178 g/mol. The van der Waals surface area contributed by atoms with Crippen molar-refractivity contribution in [2.24, 2.45) is 10.7 Å². The lowest BCUT2D eigenvalue weighted by Gasteiger charge is -1.89. The van der Waals surface area contributed by atoms with Crippen molar-refractivity contribution in [1.82, 2.24) is 0 Å². The Morgan fingerprint density at radius 1 is 1.70 bits per heavy atom. The number of nitrogens with zero attached hydrogens (tertiary/aromatic N) is 1. The molecular weight excluding hydrogens is 172 g/mol. The molecule has 1 aliphatic rings. The van der Waals surface area contributed by atoms with Crippen LogP contribution in [0.1, 0.15) is 0 Å². The molecular formula is C4H6N2O2S2. The maximum absolute atomic E-state index is 10.9. The summed E-state index contributed by atoms with van der Waals surface area (Å²) in [6.07, 6.45) is 0. The Balaban J connectivity index is 3.15. The molecule has 1 heterocycles. The minimum absolute atomic E-state index is 0.0216. The van der Waals surface area contributed by atoms with Crippen LogP contribution in [0.4, 0.5) is 0 Å². The van der Waals surface area contributed by atoms with E-state index in [9.17, 15) is 8.42 Å². The summed E-state index contributed by atoms with van der Waals surface area (Å²) in [4.78, 5) is 3.55. The minimum Gasteiger partial charge on any atom is -0.383 e. The number of rotatable bonds is 1. The average Bonchev–Trinajstić information content (AvgIpc) is 2.04. The Morgan fingerprint density at radius 2 is 2.30 bits per heavy atom. The molecule has 4 nitrogen and oxygen atoms in total. The number of thiol groups is 1. The number of sulfone groups is 1. The van der Waals surface area contributed by atoms with Crippen molar-refractivity contribution in [1.29, 1.82) is 0 Å². The first-order valence-electron chi connectivity index (χ1n) is 2.47. The first-order valence-corrected chi connectivity index (χ1v) is 4.65. The molecule has 0 aromatic rings. The summed E-state index contributed by atoms with van der Waals surface area (Å²) in [5, 5.41) is 0.951. The van der Waals surface area contributed by atoms with E-state index in [2.05, 4.69) is 17.6 Å². The predicted molar refractivity (Wildman–Crippen MR) is 42.5 cm³/mol. The minimum atomic E-state index is -3.30. The van der Waals surface area contributed by atoms with E-state index in [1.807, 2.05) is 0 Å². The van der Waals surface area contributed by atoms with Crippen LogP contribution in [0.3, 0.4) is 0 Å². The van der Waals surface area contributed by atoms with Crippen molar-refractivity contribution in [2.75, 3.05) is 5.75 Å². The molecule has 10 heavy (non-hydrogen) atoms. The Labute approximate surface area is 64.2 Å². The molecule has 1 aliphatic heterocycles. The van der Waals surface area contributed by atoms with Crippen molar-refractivity contribution in [2.45, 2.75) is 0 Å². The highest BCUT2D eigenvalue weighted by Crippen LogP contribution is 2.10. The fourth-order valence-corrected chi connectivity index (χ4v) is 2.12. The van der Waals surface area contributed by atoms with Gasteiger partial charge in [-0.15, -0.1) is 0 Å². The lowest BCUT2D eigenvalue weighted by Crippen LogP contribution is -2.09. The van der Waals surface area contributed by atoms with E-state index in [-0.39, 0.29) is 16.6 Å². The molecule has 0 saturated heterocycles. The summed E-state index contributed by atoms with van der Waals surface area (Å²) in [5.74, 6) is 0.128. The van der Waals surface area contributed by atoms with Gasteiger partial charge in [0, 0.05) is 5.75 Å². The summed E-state index contributed by atoms with van der Waals surface area (Å²) in [7, 11) is -3.30. The third-order valence-electron chi connectivity index (χ3n) is 0.993. The number of aliphatic imine (C=N–C) groups is 1. The second-order valence-corrected chi connectivity index (χ2v) is 3.86. The molecule has 0 fully saturated rings. The predicted octanol–water partition coefficient (Wildman–Crippen LogP) is -0.499. The topological polar surface area (TPSA) is 72.5 Å². The van der Waals surface area contributed by atoms with Crippen LogP contribution in [0.25, 0.3) is 0 Å². The molecule has 0 aromatic carbocycles. The summed E-state index contributed by atoms with van der Waals surface area (Å²) in [6.45, 7) is 0. The van der Waals surface area contributed by atoms with Gasteiger partial charge in [-0.1, -0.05) is 0 Å². The molecule has 0 aliphatic carbocycles. The third-order valence-corrected chi connectivity index (χ3v) is 2.95. The molecule has 1 rings (SSSR count). The summed E-state index contributed by atoms with van der Waals surface area (Å²) in [6, 6.07) is 0. The maximum Gasteiger partial charge on any atom is 0.217 e. The van der Waals surface area contributed by atoms with Crippen LogP contribution in [-0.2, 0) is 9.84 Å². The molecule has 0 spiro atoms. The van der Waals surface area contributed by atoms with Gasteiger partial charge in [-0.2, -0.15) is 12.6 Å². The standard InChI is InChI=1S/C4H6N2O2S2/c5-3-2-10(7,8)4(1-9)6-3/h2,9H,1,5H2. The smallest absolute Gasteiger partial charge is 0.217 e. The number of hydrogen-bond acceptors (Lipinski definition) is 5. The molecule has 0 amide bonds. The Kier molecular flexibility index (Phi) is 1.74. The summed E-state index contributed by atoms with van der Waals surface area (Å²) in [5.41, 5.74) is 5.14.